The van der Waals surface area contributed by atoms with E-state index in [2.05, 4.69) is 17.6 Å². The maximum absolute atomic E-state index is 11.7. The molecule has 0 bridgehead atoms. The van der Waals surface area contributed by atoms with E-state index in [1.54, 1.807) is 0 Å². The molecule has 29 heavy (non-hydrogen) atoms. The number of rotatable bonds is 23. The van der Waals surface area contributed by atoms with Gasteiger partial charge in [-0.25, -0.2) is 0 Å². The van der Waals surface area contributed by atoms with Crippen LogP contribution in [0.5, 0.6) is 0 Å². The average molecular weight is 414 g/mol. The first-order valence-electron chi connectivity index (χ1n) is 12.5. The van der Waals surface area contributed by atoms with Gasteiger partial charge in [0.05, 0.1) is 13.5 Å². The number of carbonyl (C=O) groups excluding carboxylic acids is 1. The number of nitrogens with two attached hydrogens (primary N) is 1. The molecule has 0 rings (SSSR count). The van der Waals surface area contributed by atoms with Crippen molar-refractivity contribution >= 4 is 5.97 Å². The molecule has 1 unspecified atom stereocenters. The second-order valence-electron chi connectivity index (χ2n) is 8.35. The lowest BCUT2D eigenvalue weighted by Crippen LogP contribution is -2.33. The minimum absolute atomic E-state index is 0.103. The van der Waals surface area contributed by atoms with Crippen LogP contribution in [0.1, 0.15) is 110 Å². The fraction of sp³-hybridized carbons (Fsp3) is 0.958. The molecule has 0 heterocycles. The van der Waals surface area contributed by atoms with Crippen molar-refractivity contribution in [2.24, 2.45) is 5.73 Å². The van der Waals surface area contributed by atoms with Crippen molar-refractivity contribution in [1.29, 1.82) is 0 Å². The third kappa shape index (κ3) is 21.9. The number of carbonyl (C=O) groups is 1. The molecule has 5 heteroatoms. The second kappa shape index (κ2) is 23.6. The quantitative estimate of drug-likeness (QED) is 0.164. The second-order valence-corrected chi connectivity index (χ2v) is 8.35. The Bertz CT molecular complexity index is 340. The first kappa shape index (κ1) is 28.4. The monoisotopic (exact) mass is 413 g/mol. The van der Waals surface area contributed by atoms with Gasteiger partial charge in [-0.05, 0) is 51.9 Å². The van der Waals surface area contributed by atoms with Gasteiger partial charge in [-0.2, -0.15) is 0 Å². The van der Waals surface area contributed by atoms with Crippen molar-refractivity contribution in [3.8, 4) is 0 Å². The van der Waals surface area contributed by atoms with Crippen molar-refractivity contribution in [3.63, 3.8) is 0 Å². The third-order valence-electron chi connectivity index (χ3n) is 5.57. The van der Waals surface area contributed by atoms with Crippen LogP contribution in [-0.2, 0) is 9.53 Å². The molecule has 0 spiro atoms. The molecule has 0 saturated carbocycles. The van der Waals surface area contributed by atoms with Crippen molar-refractivity contribution < 1.29 is 9.53 Å². The highest BCUT2D eigenvalue weighted by Gasteiger charge is 2.13. The fourth-order valence-electron chi connectivity index (χ4n) is 3.65. The van der Waals surface area contributed by atoms with Crippen LogP contribution >= 0.6 is 0 Å². The largest absolute Gasteiger partial charge is 0.469 e. The number of unbranched alkanes of at least 4 members (excludes halogenated alkanes) is 11. The van der Waals surface area contributed by atoms with E-state index in [0.717, 1.165) is 51.9 Å². The highest BCUT2D eigenvalue weighted by molar-refractivity contribution is 5.69. The molecule has 0 amide bonds. The summed E-state index contributed by atoms with van der Waals surface area (Å²) in [5.74, 6) is -0.103. The predicted octanol–water partition coefficient (Wildman–Crippen LogP) is 4.93. The molecule has 0 fully saturated rings. The molecule has 0 aromatic rings. The summed E-state index contributed by atoms with van der Waals surface area (Å²) in [4.78, 5) is 11.7. The number of esters is 1. The van der Waals surface area contributed by atoms with E-state index in [-0.39, 0.29) is 12.0 Å². The summed E-state index contributed by atoms with van der Waals surface area (Å²) in [5, 5.41) is 6.98. The lowest BCUT2D eigenvalue weighted by atomic mass is 10.0. The van der Waals surface area contributed by atoms with Gasteiger partial charge in [-0.15, -0.1) is 0 Å². The molecule has 0 aliphatic rings. The SMILES string of the molecule is CCCCCCCCCCCCCC(CC(=O)OC)NCCCCNCCCN. The Labute approximate surface area is 181 Å². The molecule has 4 N–H and O–H groups in total. The molecule has 5 nitrogen and oxygen atoms in total. The lowest BCUT2D eigenvalue weighted by molar-refractivity contribution is -0.141. The van der Waals surface area contributed by atoms with Crippen LogP contribution < -0.4 is 16.4 Å². The van der Waals surface area contributed by atoms with E-state index < -0.39 is 0 Å². The van der Waals surface area contributed by atoms with Crippen LogP contribution in [0.2, 0.25) is 0 Å². The fourth-order valence-corrected chi connectivity index (χ4v) is 3.65. The molecule has 0 aliphatic heterocycles. The smallest absolute Gasteiger partial charge is 0.307 e. The summed E-state index contributed by atoms with van der Waals surface area (Å²) in [5.41, 5.74) is 5.49. The Morgan fingerprint density at radius 3 is 1.93 bits per heavy atom. The van der Waals surface area contributed by atoms with Gasteiger partial charge in [0, 0.05) is 6.04 Å². The van der Waals surface area contributed by atoms with Crippen LogP contribution in [0.4, 0.5) is 0 Å². The van der Waals surface area contributed by atoms with E-state index in [9.17, 15) is 4.79 Å². The molecule has 0 saturated heterocycles. The van der Waals surface area contributed by atoms with Gasteiger partial charge in [0.15, 0.2) is 0 Å². The lowest BCUT2D eigenvalue weighted by Gasteiger charge is -2.18. The molecule has 0 aromatic carbocycles. The van der Waals surface area contributed by atoms with Crippen molar-refractivity contribution in [1.82, 2.24) is 10.6 Å². The summed E-state index contributed by atoms with van der Waals surface area (Å²) in [6, 6.07) is 0.256. The molecule has 1 atom stereocenters. The molecule has 0 aromatic heterocycles. The summed E-state index contributed by atoms with van der Waals surface area (Å²) in [6.07, 6.45) is 19.8. The third-order valence-corrected chi connectivity index (χ3v) is 5.57. The molecular formula is C24H51N3O2. The van der Waals surface area contributed by atoms with Crippen molar-refractivity contribution in [3.05, 3.63) is 0 Å². The molecule has 0 radical (unpaired) electrons. The summed E-state index contributed by atoms with van der Waals surface area (Å²) in [6.45, 7) is 6.05. The number of hydrogen-bond acceptors (Lipinski definition) is 5. The van der Waals surface area contributed by atoms with Crippen LogP contribution in [0.25, 0.3) is 0 Å². The molecule has 0 aliphatic carbocycles. The first-order chi connectivity index (χ1) is 14.2. The topological polar surface area (TPSA) is 76.4 Å². The Hall–Kier alpha value is -0.650. The zero-order chi connectivity index (χ0) is 21.4. The maximum atomic E-state index is 11.7. The Kier molecular flexibility index (Phi) is 23.1. The molecule has 174 valence electrons. The van der Waals surface area contributed by atoms with Gasteiger partial charge in [-0.3, -0.25) is 4.79 Å². The Balaban J connectivity index is 3.67. The Morgan fingerprint density at radius 1 is 0.793 bits per heavy atom. The molecular weight excluding hydrogens is 362 g/mol. The average Bonchev–Trinajstić information content (AvgIpc) is 2.73. The summed E-state index contributed by atoms with van der Waals surface area (Å²) >= 11 is 0. The Morgan fingerprint density at radius 2 is 1.34 bits per heavy atom. The van der Waals surface area contributed by atoms with E-state index in [1.807, 2.05) is 0 Å². The van der Waals surface area contributed by atoms with Gasteiger partial charge in [0.1, 0.15) is 0 Å². The van der Waals surface area contributed by atoms with E-state index in [4.69, 9.17) is 10.5 Å². The van der Waals surface area contributed by atoms with Crippen LogP contribution in [0.15, 0.2) is 0 Å². The first-order valence-corrected chi connectivity index (χ1v) is 12.5. The van der Waals surface area contributed by atoms with Gasteiger partial charge >= 0.3 is 5.97 Å². The van der Waals surface area contributed by atoms with Gasteiger partial charge in [0.2, 0.25) is 0 Å². The number of nitrogens with one attached hydrogen (secondary N) is 2. The van der Waals surface area contributed by atoms with E-state index >= 15 is 0 Å². The van der Waals surface area contributed by atoms with Gasteiger partial charge in [0.25, 0.3) is 0 Å². The van der Waals surface area contributed by atoms with E-state index in [1.165, 1.54) is 77.7 Å². The zero-order valence-electron chi connectivity index (χ0n) is 19.6. The van der Waals surface area contributed by atoms with Gasteiger partial charge in [-0.1, -0.05) is 77.6 Å². The number of methoxy groups -OCH3 is 1. The predicted molar refractivity (Wildman–Crippen MR) is 125 cm³/mol. The van der Waals surface area contributed by atoms with Crippen molar-refractivity contribution in [2.75, 3.05) is 33.3 Å². The van der Waals surface area contributed by atoms with Crippen LogP contribution in [0, 0.1) is 0 Å². The van der Waals surface area contributed by atoms with Crippen molar-refractivity contribution in [2.45, 2.75) is 116 Å². The normalized spacial score (nSPS) is 12.2. The number of hydrogen-bond donors (Lipinski definition) is 3. The standard InChI is InChI=1S/C24H51N3O2/c1-3-4-5-6-7-8-9-10-11-12-13-17-23(22-24(28)29-2)27-21-15-14-19-26-20-16-18-25/h23,26-27H,3-22,25H2,1-2H3. The highest BCUT2D eigenvalue weighted by atomic mass is 16.5. The summed E-state index contributed by atoms with van der Waals surface area (Å²) in [7, 11) is 1.48. The summed E-state index contributed by atoms with van der Waals surface area (Å²) < 4.78 is 4.87. The van der Waals surface area contributed by atoms with Crippen LogP contribution in [0.3, 0.4) is 0 Å². The van der Waals surface area contributed by atoms with Gasteiger partial charge < -0.3 is 21.1 Å². The minimum Gasteiger partial charge on any atom is -0.469 e. The highest BCUT2D eigenvalue weighted by Crippen LogP contribution is 2.13. The number of ether oxygens (including phenoxy) is 1. The minimum atomic E-state index is -0.103. The van der Waals surface area contributed by atoms with Crippen LogP contribution in [-0.4, -0.2) is 45.3 Å². The van der Waals surface area contributed by atoms with E-state index in [0.29, 0.717) is 6.42 Å². The zero-order valence-corrected chi connectivity index (χ0v) is 19.6. The maximum Gasteiger partial charge on any atom is 0.307 e.